The van der Waals surface area contributed by atoms with Gasteiger partial charge in [-0.2, -0.15) is 5.10 Å². The zero-order valence-corrected chi connectivity index (χ0v) is 16.7. The number of rotatable bonds is 7. The predicted molar refractivity (Wildman–Crippen MR) is 118 cm³/mol. The van der Waals surface area contributed by atoms with Crippen molar-refractivity contribution in [3.8, 4) is 11.8 Å². The van der Waals surface area contributed by atoms with Gasteiger partial charge in [0, 0.05) is 29.3 Å². The number of hydrogen-bond acceptors (Lipinski definition) is 7. The Morgan fingerprint density at radius 1 is 1.13 bits per heavy atom. The lowest BCUT2D eigenvalue weighted by atomic mass is 10.2. The maximum Gasteiger partial charge on any atom is 0.321 e. The fourth-order valence-electron chi connectivity index (χ4n) is 2.66. The van der Waals surface area contributed by atoms with Gasteiger partial charge >= 0.3 is 6.01 Å². The normalized spacial score (nSPS) is 10.9. The molecule has 4 N–H and O–H groups in total. The van der Waals surface area contributed by atoms with Gasteiger partial charge in [0.1, 0.15) is 11.3 Å². The maximum absolute atomic E-state index is 12.0. The summed E-state index contributed by atoms with van der Waals surface area (Å²) in [6.45, 7) is 0. The van der Waals surface area contributed by atoms with Crippen LogP contribution in [0.2, 0.25) is 5.02 Å². The monoisotopic (exact) mass is 433 g/mol. The van der Waals surface area contributed by atoms with Crippen LogP contribution in [0.4, 0.5) is 17.3 Å². The number of anilines is 2. The minimum atomic E-state index is -0.669. The fourth-order valence-corrected chi connectivity index (χ4v) is 2.85. The van der Waals surface area contributed by atoms with Gasteiger partial charge in [0.05, 0.1) is 0 Å². The van der Waals surface area contributed by atoms with E-state index < -0.39 is 5.91 Å². The second-order valence-electron chi connectivity index (χ2n) is 6.26. The number of carbonyl (C=O) groups excluding carboxylic acids is 1. The van der Waals surface area contributed by atoms with Crippen molar-refractivity contribution in [1.29, 1.82) is 0 Å². The van der Waals surface area contributed by atoms with Crippen LogP contribution in [0.5, 0.6) is 11.8 Å². The Hall–Kier alpha value is -4.24. The molecule has 154 valence electrons. The summed E-state index contributed by atoms with van der Waals surface area (Å²) in [7, 11) is 0. The van der Waals surface area contributed by atoms with Gasteiger partial charge in [-0.1, -0.05) is 17.7 Å². The van der Waals surface area contributed by atoms with Crippen LogP contribution in [0.1, 0.15) is 15.9 Å². The molecule has 0 aliphatic heterocycles. The topological polar surface area (TPSA) is 131 Å². The lowest BCUT2D eigenvalue weighted by Gasteiger charge is -2.05. The molecule has 0 aliphatic rings. The zero-order valence-electron chi connectivity index (χ0n) is 16.0. The molecule has 9 nitrogen and oxygen atoms in total. The highest BCUT2D eigenvalue weighted by atomic mass is 35.5. The molecule has 0 spiro atoms. The van der Waals surface area contributed by atoms with E-state index >= 15 is 0 Å². The zero-order chi connectivity index (χ0) is 21.6. The Bertz CT molecular complexity index is 1220. The molecule has 0 saturated heterocycles. The molecule has 0 radical (unpaired) electrons. The van der Waals surface area contributed by atoms with Crippen LogP contribution >= 0.6 is 11.6 Å². The third-order valence-electron chi connectivity index (χ3n) is 4.06. The molecule has 0 bridgehead atoms. The van der Waals surface area contributed by atoms with Crippen LogP contribution in [-0.2, 0) is 0 Å². The molecule has 0 atom stereocenters. The second kappa shape index (κ2) is 9.06. The van der Waals surface area contributed by atoms with Crippen LogP contribution in [0.3, 0.4) is 0 Å². The highest BCUT2D eigenvalue weighted by Crippen LogP contribution is 2.27. The molecule has 0 fully saturated rings. The van der Waals surface area contributed by atoms with Gasteiger partial charge in [-0.05, 0) is 54.1 Å². The number of halogens is 1. The number of carbonyl (C=O) groups is 1. The lowest BCUT2D eigenvalue weighted by Crippen LogP contribution is -2.12. The Balaban J connectivity index is 1.51. The van der Waals surface area contributed by atoms with Crippen molar-refractivity contribution in [3.63, 3.8) is 0 Å². The summed E-state index contributed by atoms with van der Waals surface area (Å²) in [6.07, 6.45) is 4.77. The molecule has 2 aromatic carbocycles. The Morgan fingerprint density at radius 3 is 2.61 bits per heavy atom. The van der Waals surface area contributed by atoms with Crippen LogP contribution in [0.15, 0.2) is 72.0 Å². The van der Waals surface area contributed by atoms with Gasteiger partial charge in [0.15, 0.2) is 11.6 Å². The van der Waals surface area contributed by atoms with Crippen molar-refractivity contribution in [3.05, 3.63) is 83.1 Å². The van der Waals surface area contributed by atoms with Crippen molar-refractivity contribution in [2.45, 2.75) is 0 Å². The van der Waals surface area contributed by atoms with Crippen LogP contribution in [0.25, 0.3) is 0 Å². The summed E-state index contributed by atoms with van der Waals surface area (Å²) in [5.74, 6) is 0.399. The summed E-state index contributed by atoms with van der Waals surface area (Å²) in [5.41, 5.74) is 7.11. The molecule has 2 aromatic heterocycles. The minimum absolute atomic E-state index is 0.136. The van der Waals surface area contributed by atoms with E-state index in [4.69, 9.17) is 22.1 Å². The highest BCUT2D eigenvalue weighted by molar-refractivity contribution is 6.30. The first-order valence-electron chi connectivity index (χ1n) is 9.08. The van der Waals surface area contributed by atoms with E-state index in [0.717, 1.165) is 5.56 Å². The van der Waals surface area contributed by atoms with Crippen molar-refractivity contribution in [2.24, 2.45) is 10.7 Å². The largest absolute Gasteiger partial charge is 0.424 e. The number of ether oxygens (including phenoxy) is 1. The molecular weight excluding hydrogens is 418 g/mol. The quantitative estimate of drug-likeness (QED) is 0.373. The first kappa shape index (κ1) is 20.0. The Kier molecular flexibility index (Phi) is 5.86. The van der Waals surface area contributed by atoms with E-state index in [0.29, 0.717) is 16.5 Å². The molecule has 4 rings (SSSR count). The summed E-state index contributed by atoms with van der Waals surface area (Å²) in [5, 5.41) is 10.4. The van der Waals surface area contributed by atoms with Gasteiger partial charge in [-0.3, -0.25) is 9.89 Å². The SMILES string of the molecule is NC(=O)c1c(Nc2cccc(Cl)c2)n[nH]c1/N=C/c1ccc(Oc2ncccn2)cc1. The first-order valence-corrected chi connectivity index (χ1v) is 9.46. The number of aromatic amines is 1. The molecule has 2 heterocycles. The Morgan fingerprint density at radius 2 is 1.90 bits per heavy atom. The number of H-pyrrole nitrogens is 1. The molecule has 10 heteroatoms. The third kappa shape index (κ3) is 5.03. The van der Waals surface area contributed by atoms with Crippen LogP contribution in [-0.4, -0.2) is 32.3 Å². The summed E-state index contributed by atoms with van der Waals surface area (Å²) in [6, 6.07) is 16.1. The fraction of sp³-hybridized carbons (Fsp3) is 0. The number of benzene rings is 2. The van der Waals surface area contributed by atoms with Crippen LogP contribution in [0, 0.1) is 0 Å². The number of aliphatic imine (C=N–C) groups is 1. The standard InChI is InChI=1S/C21H16ClN7O2/c22-14-3-1-4-15(11-14)27-20-17(18(23)30)19(28-29-20)26-12-13-5-7-16(8-6-13)31-21-24-9-2-10-25-21/h1-12H,(H2,23,30)(H2,27,28,29)/b26-12+. The molecule has 1 amide bonds. The van der Waals surface area contributed by atoms with E-state index in [1.807, 2.05) is 0 Å². The lowest BCUT2D eigenvalue weighted by molar-refractivity contribution is 0.100. The van der Waals surface area contributed by atoms with E-state index in [1.165, 1.54) is 0 Å². The van der Waals surface area contributed by atoms with Crippen LogP contribution < -0.4 is 15.8 Å². The van der Waals surface area contributed by atoms with Gasteiger partial charge < -0.3 is 15.8 Å². The summed E-state index contributed by atoms with van der Waals surface area (Å²) < 4.78 is 5.55. The number of aromatic nitrogens is 4. The van der Waals surface area contributed by atoms with E-state index in [-0.39, 0.29) is 23.2 Å². The molecule has 0 aliphatic carbocycles. The molecule has 4 aromatic rings. The average Bonchev–Trinajstić information content (AvgIpc) is 3.17. The number of primary amides is 1. The minimum Gasteiger partial charge on any atom is -0.424 e. The maximum atomic E-state index is 12.0. The Labute approximate surface area is 182 Å². The van der Waals surface area contributed by atoms with Crippen molar-refractivity contribution in [1.82, 2.24) is 20.2 Å². The number of nitrogens with zero attached hydrogens (tertiary/aromatic N) is 4. The molecule has 31 heavy (non-hydrogen) atoms. The van der Waals surface area contributed by atoms with Crippen molar-refractivity contribution < 1.29 is 9.53 Å². The summed E-state index contributed by atoms with van der Waals surface area (Å²) in [4.78, 5) is 24.3. The first-order chi connectivity index (χ1) is 15.1. The van der Waals surface area contributed by atoms with Crippen molar-refractivity contribution >= 4 is 41.0 Å². The van der Waals surface area contributed by atoms with Crippen molar-refractivity contribution in [2.75, 3.05) is 5.32 Å². The third-order valence-corrected chi connectivity index (χ3v) is 4.29. The van der Waals surface area contributed by atoms with E-state index in [9.17, 15) is 4.79 Å². The number of nitrogens with two attached hydrogens (primary N) is 1. The molecular formula is C21H16ClN7O2. The van der Waals surface area contributed by atoms with E-state index in [1.54, 1.807) is 73.2 Å². The summed E-state index contributed by atoms with van der Waals surface area (Å²) >= 11 is 5.99. The molecule has 0 saturated carbocycles. The predicted octanol–water partition coefficient (Wildman–Crippen LogP) is 4.24. The van der Waals surface area contributed by atoms with Gasteiger partial charge in [0.25, 0.3) is 5.91 Å². The van der Waals surface area contributed by atoms with Gasteiger partial charge in [-0.15, -0.1) is 0 Å². The number of nitrogens with one attached hydrogen (secondary N) is 2. The number of hydrogen-bond donors (Lipinski definition) is 3. The second-order valence-corrected chi connectivity index (χ2v) is 6.69. The molecule has 0 unspecified atom stereocenters. The van der Waals surface area contributed by atoms with Gasteiger partial charge in [0.2, 0.25) is 0 Å². The van der Waals surface area contributed by atoms with Gasteiger partial charge in [-0.25, -0.2) is 15.0 Å². The smallest absolute Gasteiger partial charge is 0.321 e. The number of amides is 1. The highest BCUT2D eigenvalue weighted by Gasteiger charge is 2.18. The average molecular weight is 434 g/mol. The van der Waals surface area contributed by atoms with E-state index in [2.05, 4.69) is 30.5 Å².